The van der Waals surface area contributed by atoms with Gasteiger partial charge in [-0.2, -0.15) is 0 Å². The van der Waals surface area contributed by atoms with Gasteiger partial charge >= 0.3 is 19.1 Å². The summed E-state index contributed by atoms with van der Waals surface area (Å²) in [6, 6.07) is 13.3. The van der Waals surface area contributed by atoms with Gasteiger partial charge in [0.05, 0.1) is 5.56 Å². The summed E-state index contributed by atoms with van der Waals surface area (Å²) in [5, 5.41) is 10.4. The molecule has 1 atom stereocenters. The average Bonchev–Trinajstić information content (AvgIpc) is 2.78. The molecule has 1 N–H and O–H groups in total. The van der Waals surface area contributed by atoms with E-state index < -0.39 is 25.8 Å². The van der Waals surface area contributed by atoms with Crippen LogP contribution in [0.2, 0.25) is 5.82 Å². The van der Waals surface area contributed by atoms with Gasteiger partial charge in [-0.1, -0.05) is 43.7 Å². The zero-order valence-electron chi connectivity index (χ0n) is 17.4. The Labute approximate surface area is 181 Å². The molecule has 2 aromatic carbocycles. The van der Waals surface area contributed by atoms with Crippen LogP contribution in [0, 0.1) is 0 Å². The van der Waals surface area contributed by atoms with Crippen LogP contribution in [0.3, 0.4) is 0 Å². The van der Waals surface area contributed by atoms with Crippen LogP contribution in [0.25, 0.3) is 0 Å². The van der Waals surface area contributed by atoms with Crippen molar-refractivity contribution in [2.24, 2.45) is 0 Å². The molecule has 162 valence electrons. The number of unbranched alkanes of at least 4 members (excludes halogenated alkanes) is 1. The highest BCUT2D eigenvalue weighted by Crippen LogP contribution is 2.36. The molecule has 1 aliphatic heterocycles. The van der Waals surface area contributed by atoms with Gasteiger partial charge in [0.2, 0.25) is 6.79 Å². The molecule has 2 aromatic rings. The van der Waals surface area contributed by atoms with Crippen molar-refractivity contribution >= 4 is 24.8 Å². The lowest BCUT2D eigenvalue weighted by atomic mass is 9.64. The van der Waals surface area contributed by atoms with Gasteiger partial charge in [-0.25, -0.2) is 9.59 Å². The second kappa shape index (κ2) is 10.8. The molecule has 0 bridgehead atoms. The largest absolute Gasteiger partial charge is 0.535 e. The number of ketones is 1. The van der Waals surface area contributed by atoms with Crippen LogP contribution < -0.4 is 4.65 Å². The first kappa shape index (κ1) is 22.6. The predicted octanol–water partition coefficient (Wildman–Crippen LogP) is 3.59. The highest BCUT2D eigenvalue weighted by atomic mass is 16.7. The molecule has 0 spiro atoms. The lowest BCUT2D eigenvalue weighted by Crippen LogP contribution is -2.36. The normalized spacial score (nSPS) is 14.9. The zero-order chi connectivity index (χ0) is 22.2. The molecule has 0 fully saturated rings. The number of benzene rings is 2. The summed E-state index contributed by atoms with van der Waals surface area (Å²) < 4.78 is 15.6. The number of rotatable bonds is 9. The number of fused-ring (bicyclic) bond motifs is 1. The predicted molar refractivity (Wildman–Crippen MR) is 114 cm³/mol. The molecule has 0 saturated heterocycles. The molecule has 0 aromatic heterocycles. The number of esters is 2. The van der Waals surface area contributed by atoms with E-state index in [0.717, 1.165) is 12.8 Å². The van der Waals surface area contributed by atoms with Crippen LogP contribution in [-0.4, -0.2) is 36.7 Å². The van der Waals surface area contributed by atoms with Gasteiger partial charge in [0.1, 0.15) is 17.1 Å². The number of ether oxygens (including phenoxy) is 2. The van der Waals surface area contributed by atoms with E-state index in [-0.39, 0.29) is 29.3 Å². The molecule has 0 unspecified atom stereocenters. The van der Waals surface area contributed by atoms with E-state index in [1.54, 1.807) is 42.5 Å². The van der Waals surface area contributed by atoms with Gasteiger partial charge in [-0.15, -0.1) is 0 Å². The van der Waals surface area contributed by atoms with Crippen LogP contribution >= 0.6 is 0 Å². The van der Waals surface area contributed by atoms with Crippen molar-refractivity contribution in [2.75, 3.05) is 6.79 Å². The van der Waals surface area contributed by atoms with Crippen LogP contribution in [0.5, 0.6) is 5.75 Å². The standard InChI is InChI=1S/C23H25BO7/c1-2-3-11-19(25)14-18-13-17-10-7-12-20(21(17)31-24(18)28)23(27)30-15-29-22(26)16-8-5-4-6-9-16/h4-10,12,18,28H,2-3,11,13-15H2,1H3/t18-/m1/s1. The summed E-state index contributed by atoms with van der Waals surface area (Å²) in [5.41, 5.74) is 1.19. The maximum Gasteiger partial charge on any atom is 0.526 e. The molecule has 0 amide bonds. The first-order chi connectivity index (χ1) is 15.0. The summed E-state index contributed by atoms with van der Waals surface area (Å²) in [6.07, 6.45) is 2.89. The minimum Gasteiger partial charge on any atom is -0.535 e. The van der Waals surface area contributed by atoms with Crippen molar-refractivity contribution in [3.8, 4) is 5.75 Å². The summed E-state index contributed by atoms with van der Waals surface area (Å²) in [7, 11) is -1.19. The molecule has 1 heterocycles. The fraction of sp³-hybridized carbons (Fsp3) is 0.348. The van der Waals surface area contributed by atoms with E-state index in [0.29, 0.717) is 24.0 Å². The topological polar surface area (TPSA) is 99.1 Å². The van der Waals surface area contributed by atoms with Crippen molar-refractivity contribution in [1.29, 1.82) is 0 Å². The third-order valence-electron chi connectivity index (χ3n) is 5.13. The lowest BCUT2D eigenvalue weighted by Gasteiger charge is -2.28. The fourth-order valence-electron chi connectivity index (χ4n) is 3.46. The van der Waals surface area contributed by atoms with Crippen molar-refractivity contribution in [3.05, 3.63) is 65.2 Å². The SMILES string of the molecule is CCCCC(=O)C[C@H]1Cc2cccc(C(=O)OCOC(=O)c3ccccc3)c2OB1O. The maximum atomic E-state index is 12.5. The molecule has 3 rings (SSSR count). The van der Waals surface area contributed by atoms with Gasteiger partial charge < -0.3 is 19.2 Å². The molecular weight excluding hydrogens is 399 g/mol. The third-order valence-corrected chi connectivity index (χ3v) is 5.13. The zero-order valence-corrected chi connectivity index (χ0v) is 17.4. The minimum absolute atomic E-state index is 0.0914. The van der Waals surface area contributed by atoms with Gasteiger partial charge in [-0.05, 0) is 36.6 Å². The summed E-state index contributed by atoms with van der Waals surface area (Å²) in [6.45, 7) is 1.47. The average molecular weight is 424 g/mol. The number of hydrogen-bond donors (Lipinski definition) is 1. The van der Waals surface area contributed by atoms with E-state index >= 15 is 0 Å². The Hall–Kier alpha value is -3.13. The molecule has 8 heteroatoms. The first-order valence-electron chi connectivity index (χ1n) is 10.4. The molecule has 31 heavy (non-hydrogen) atoms. The van der Waals surface area contributed by atoms with Crippen molar-refractivity contribution in [2.45, 2.75) is 44.8 Å². The maximum absolute atomic E-state index is 12.5. The van der Waals surface area contributed by atoms with Gasteiger partial charge in [0.25, 0.3) is 0 Å². The van der Waals surface area contributed by atoms with Crippen molar-refractivity contribution < 1.29 is 33.5 Å². The summed E-state index contributed by atoms with van der Waals surface area (Å²) in [5.74, 6) is -1.39. The van der Waals surface area contributed by atoms with Crippen LogP contribution in [0.15, 0.2) is 48.5 Å². The Balaban J connectivity index is 1.60. The first-order valence-corrected chi connectivity index (χ1v) is 10.4. The highest BCUT2D eigenvalue weighted by molar-refractivity contribution is 6.47. The second-order valence-electron chi connectivity index (χ2n) is 7.46. The Morgan fingerprint density at radius 2 is 1.81 bits per heavy atom. The van der Waals surface area contributed by atoms with E-state index in [4.69, 9.17) is 14.1 Å². The molecule has 0 saturated carbocycles. The van der Waals surface area contributed by atoms with Crippen LogP contribution in [-0.2, 0) is 20.7 Å². The quantitative estimate of drug-likeness (QED) is 0.373. The molecule has 0 radical (unpaired) electrons. The number of Topliss-reactive ketones (excluding diaryl/α,β-unsaturated/α-hetero) is 1. The van der Waals surface area contributed by atoms with Crippen LogP contribution in [0.1, 0.15) is 58.9 Å². The van der Waals surface area contributed by atoms with Gasteiger partial charge in [0.15, 0.2) is 0 Å². The van der Waals surface area contributed by atoms with Crippen LogP contribution in [0.4, 0.5) is 0 Å². The van der Waals surface area contributed by atoms with Crippen molar-refractivity contribution in [3.63, 3.8) is 0 Å². The van der Waals surface area contributed by atoms with Gasteiger partial charge in [0, 0.05) is 18.7 Å². The third kappa shape index (κ3) is 5.95. The Kier molecular flexibility index (Phi) is 7.84. The number of carbonyl (C=O) groups is 3. The number of para-hydroxylation sites is 1. The number of hydrogen-bond acceptors (Lipinski definition) is 7. The van der Waals surface area contributed by atoms with Gasteiger partial charge in [-0.3, -0.25) is 4.79 Å². The van der Waals surface area contributed by atoms with E-state index in [2.05, 4.69) is 0 Å². The Morgan fingerprint density at radius 1 is 1.06 bits per heavy atom. The highest BCUT2D eigenvalue weighted by Gasteiger charge is 2.37. The molecule has 7 nitrogen and oxygen atoms in total. The van der Waals surface area contributed by atoms with Crippen molar-refractivity contribution in [1.82, 2.24) is 0 Å². The molecule has 1 aliphatic rings. The summed E-state index contributed by atoms with van der Waals surface area (Å²) in [4.78, 5) is 36.5. The number of carbonyl (C=O) groups excluding carboxylic acids is 3. The van der Waals surface area contributed by atoms with E-state index in [9.17, 15) is 19.4 Å². The minimum atomic E-state index is -1.19. The molecule has 0 aliphatic carbocycles. The Morgan fingerprint density at radius 3 is 2.55 bits per heavy atom. The lowest BCUT2D eigenvalue weighted by molar-refractivity contribution is -0.119. The summed E-state index contributed by atoms with van der Waals surface area (Å²) >= 11 is 0. The van der Waals surface area contributed by atoms with E-state index in [1.807, 2.05) is 6.92 Å². The van der Waals surface area contributed by atoms with E-state index in [1.165, 1.54) is 6.07 Å². The molecular formula is C23H25BO7. The smallest absolute Gasteiger partial charge is 0.526 e. The monoisotopic (exact) mass is 424 g/mol. The second-order valence-corrected chi connectivity index (χ2v) is 7.46. The fourth-order valence-corrected chi connectivity index (χ4v) is 3.46. The Bertz CT molecular complexity index is 929.